The topological polar surface area (TPSA) is 177 Å². The maximum absolute atomic E-state index is 11.1. The minimum atomic E-state index is -1.50. The molecule has 6 fully saturated rings. The summed E-state index contributed by atoms with van der Waals surface area (Å²) in [5, 5.41) is 0. The first kappa shape index (κ1) is 46.0. The molecule has 4 atom stereocenters. The minimum Gasteiger partial charge on any atom is -0.211 e. The molecule has 12 heteroatoms. The van der Waals surface area contributed by atoms with Crippen LogP contribution in [0.15, 0.2) is 30.0 Å². The first-order valence-corrected chi connectivity index (χ1v) is 22.4. The minimum absolute atomic E-state index is 0.0108. The number of carbonyl (C=O) groups excluding carboxylic acids is 6. The third kappa shape index (κ3) is 15.2. The number of nitrogens with zero attached hydrogens (tertiary/aromatic N) is 6. The fourth-order valence-electron chi connectivity index (χ4n) is 11.3. The molecule has 0 saturated heterocycles. The van der Waals surface area contributed by atoms with Gasteiger partial charge in [-0.1, -0.05) is 128 Å². The average Bonchev–Trinajstić information content (AvgIpc) is 3.23. The summed E-state index contributed by atoms with van der Waals surface area (Å²) in [6.07, 6.45) is 44.3. The van der Waals surface area contributed by atoms with Gasteiger partial charge in [-0.15, -0.1) is 0 Å². The van der Waals surface area contributed by atoms with Gasteiger partial charge >= 0.3 is 0 Å². The predicted octanol–water partition coefficient (Wildman–Crippen LogP) is 10.2. The number of hydrogen-bond donors (Lipinski definition) is 0. The van der Waals surface area contributed by atoms with Gasteiger partial charge in [0.1, 0.15) is 0 Å². The van der Waals surface area contributed by atoms with Crippen molar-refractivity contribution < 1.29 is 28.8 Å². The average molecular weight is 787 g/mol. The molecule has 0 amide bonds. The highest BCUT2D eigenvalue weighted by Gasteiger charge is 2.49. The lowest BCUT2D eigenvalue weighted by atomic mass is 9.68. The van der Waals surface area contributed by atoms with E-state index in [-0.39, 0.29) is 25.2 Å². The van der Waals surface area contributed by atoms with E-state index in [1.54, 1.807) is 64.2 Å². The van der Waals surface area contributed by atoms with E-state index in [1.165, 1.54) is 114 Å². The van der Waals surface area contributed by atoms with Gasteiger partial charge in [0.25, 0.3) is 0 Å². The molecule has 4 unspecified atom stereocenters. The molecule has 312 valence electrons. The van der Waals surface area contributed by atoms with Crippen molar-refractivity contribution in [1.29, 1.82) is 0 Å². The molecule has 0 aromatic heterocycles. The van der Waals surface area contributed by atoms with Gasteiger partial charge in [0, 0.05) is 18.8 Å². The molecule has 0 bridgehead atoms. The summed E-state index contributed by atoms with van der Waals surface area (Å²) in [5.74, 6) is 3.79. The van der Waals surface area contributed by atoms with E-state index in [1.807, 2.05) is 0 Å². The summed E-state index contributed by atoms with van der Waals surface area (Å²) in [6, 6.07) is -1.21. The zero-order valence-corrected chi connectivity index (χ0v) is 34.3. The van der Waals surface area contributed by atoms with E-state index in [2.05, 4.69) is 30.0 Å². The Kier molecular flexibility index (Phi) is 20.6. The second-order valence-electron chi connectivity index (χ2n) is 18.0. The molecule has 0 heterocycles. The third-order valence-electron chi connectivity index (χ3n) is 14.3. The van der Waals surface area contributed by atoms with Gasteiger partial charge in [-0.2, -0.15) is 20.0 Å². The summed E-state index contributed by atoms with van der Waals surface area (Å²) in [5.41, 5.74) is -2.90. The van der Waals surface area contributed by atoms with Crippen LogP contribution in [0.2, 0.25) is 0 Å². The highest BCUT2D eigenvalue weighted by atomic mass is 16.1. The van der Waals surface area contributed by atoms with Crippen molar-refractivity contribution in [1.82, 2.24) is 0 Å². The van der Waals surface area contributed by atoms with E-state index in [9.17, 15) is 28.8 Å². The second kappa shape index (κ2) is 25.6. The zero-order valence-electron chi connectivity index (χ0n) is 34.3. The maximum Gasteiger partial charge on any atom is 0.237 e. The lowest BCUT2D eigenvalue weighted by Gasteiger charge is -2.42. The Balaban J connectivity index is 0.000000224. The molecule has 6 aliphatic carbocycles. The van der Waals surface area contributed by atoms with Crippen LogP contribution in [0.3, 0.4) is 0 Å². The van der Waals surface area contributed by atoms with Crippen molar-refractivity contribution in [3.05, 3.63) is 0 Å². The van der Waals surface area contributed by atoms with Crippen LogP contribution >= 0.6 is 0 Å². The molecular weight excluding hydrogens is 721 g/mol. The summed E-state index contributed by atoms with van der Waals surface area (Å²) in [6.45, 7) is 0. The SMILES string of the molecule is C1CCC(CC2CCCCC2)CC1.C1CCC(CC2CCCCC2)CC1.O=C=NC1CCC(CC2CCC(N=C=O)(N=C=O)CC2N=C=O)C(N=C=O)(N=C=O)C1. The van der Waals surface area contributed by atoms with E-state index in [0.29, 0.717) is 25.7 Å². The number of hydrogen-bond acceptors (Lipinski definition) is 12. The molecule has 12 nitrogen and oxygen atoms in total. The van der Waals surface area contributed by atoms with Crippen molar-refractivity contribution in [2.24, 2.45) is 65.5 Å². The first-order valence-electron chi connectivity index (χ1n) is 22.4. The molecule has 6 aliphatic rings. The Morgan fingerprint density at radius 1 is 0.404 bits per heavy atom. The largest absolute Gasteiger partial charge is 0.237 e. The molecule has 6 rings (SSSR count). The summed E-state index contributed by atoms with van der Waals surface area (Å²) in [4.78, 5) is 87.7. The van der Waals surface area contributed by atoms with E-state index in [0.717, 1.165) is 23.7 Å². The summed E-state index contributed by atoms with van der Waals surface area (Å²) < 4.78 is 0. The van der Waals surface area contributed by atoms with Crippen molar-refractivity contribution >= 4 is 36.5 Å². The molecule has 0 spiro atoms. The van der Waals surface area contributed by atoms with Crippen molar-refractivity contribution in [3.8, 4) is 0 Å². The fraction of sp³-hybridized carbons (Fsp3) is 0.867. The van der Waals surface area contributed by atoms with Crippen molar-refractivity contribution in [2.75, 3.05) is 0 Å². The Labute approximate surface area is 339 Å². The molecule has 0 radical (unpaired) electrons. The van der Waals surface area contributed by atoms with Crippen LogP contribution in [0.1, 0.15) is 186 Å². The zero-order chi connectivity index (χ0) is 40.6. The van der Waals surface area contributed by atoms with Crippen LogP contribution in [-0.4, -0.2) is 59.9 Å². The smallest absolute Gasteiger partial charge is 0.211 e. The lowest BCUT2D eigenvalue weighted by Crippen LogP contribution is -2.45. The molecule has 57 heavy (non-hydrogen) atoms. The molecule has 0 aliphatic heterocycles. The van der Waals surface area contributed by atoms with Gasteiger partial charge in [0.15, 0.2) is 11.3 Å². The first-order chi connectivity index (χ1) is 27.9. The highest BCUT2D eigenvalue weighted by molar-refractivity contribution is 5.41. The molecular formula is C45H66N6O6. The lowest BCUT2D eigenvalue weighted by molar-refractivity contribution is 0.117. The van der Waals surface area contributed by atoms with Crippen LogP contribution in [-0.2, 0) is 28.8 Å². The molecule has 0 N–H and O–H groups in total. The quantitative estimate of drug-likeness (QED) is 0.140. The predicted molar refractivity (Wildman–Crippen MR) is 217 cm³/mol. The molecule has 0 aromatic rings. The van der Waals surface area contributed by atoms with Crippen molar-refractivity contribution in [3.63, 3.8) is 0 Å². The summed E-state index contributed by atoms with van der Waals surface area (Å²) >= 11 is 0. The standard InChI is InChI=1S/C19H18N6O6.2C13H24/c26-8-20-16-2-1-15(19(6-16,24-12-30)25-13-31)5-14-3-4-18(22-10-28,23-11-29)7-17(14)21-9-27;2*1-3-7-12(8-4-1)11-13-9-5-2-6-10-13/h14-17H,1-7H2;2*12-13H,1-11H2. The van der Waals surface area contributed by atoms with Gasteiger partial charge in [-0.25, -0.2) is 38.8 Å². The van der Waals surface area contributed by atoms with Crippen LogP contribution < -0.4 is 0 Å². The maximum atomic E-state index is 11.1. The summed E-state index contributed by atoms with van der Waals surface area (Å²) in [7, 11) is 0. The van der Waals surface area contributed by atoms with Crippen molar-refractivity contribution in [2.45, 2.75) is 210 Å². The van der Waals surface area contributed by atoms with Crippen LogP contribution in [0.5, 0.6) is 0 Å². The Morgan fingerprint density at radius 2 is 0.825 bits per heavy atom. The third-order valence-corrected chi connectivity index (χ3v) is 14.3. The van der Waals surface area contributed by atoms with Crippen LogP contribution in [0.25, 0.3) is 0 Å². The normalized spacial score (nSPS) is 31.2. The molecule has 0 aromatic carbocycles. The van der Waals surface area contributed by atoms with Gasteiger partial charge in [0.05, 0.1) is 12.1 Å². The number of isocyanates is 6. The van der Waals surface area contributed by atoms with E-state index >= 15 is 0 Å². The van der Waals surface area contributed by atoms with E-state index < -0.39 is 29.3 Å². The fourth-order valence-corrected chi connectivity index (χ4v) is 11.3. The van der Waals surface area contributed by atoms with Gasteiger partial charge in [-0.3, -0.25) is 0 Å². The number of aliphatic imine (C=N–C) groups is 6. The van der Waals surface area contributed by atoms with Crippen LogP contribution in [0.4, 0.5) is 0 Å². The Morgan fingerprint density at radius 3 is 1.21 bits per heavy atom. The highest BCUT2D eigenvalue weighted by Crippen LogP contribution is 2.47. The monoisotopic (exact) mass is 787 g/mol. The Hall–Kier alpha value is -3.72. The van der Waals surface area contributed by atoms with Gasteiger partial charge in [0.2, 0.25) is 36.5 Å². The second-order valence-corrected chi connectivity index (χ2v) is 18.0. The van der Waals surface area contributed by atoms with Gasteiger partial charge in [-0.05, 0) is 74.5 Å². The van der Waals surface area contributed by atoms with E-state index in [4.69, 9.17) is 0 Å². The number of rotatable bonds is 12. The van der Waals surface area contributed by atoms with Gasteiger partial charge < -0.3 is 0 Å². The van der Waals surface area contributed by atoms with Crippen LogP contribution in [0, 0.1) is 35.5 Å². The Bertz CT molecular complexity index is 1410. The molecule has 6 saturated carbocycles.